The van der Waals surface area contributed by atoms with Gasteiger partial charge < -0.3 is 16.3 Å². The van der Waals surface area contributed by atoms with E-state index in [1.807, 2.05) is 0 Å². The van der Waals surface area contributed by atoms with Gasteiger partial charge in [0.1, 0.15) is 0 Å². The van der Waals surface area contributed by atoms with E-state index in [1.165, 1.54) is 0 Å². The number of nitrogens with two attached hydrogens (primary N) is 1. The fraction of sp³-hybridized carbons (Fsp3) is 0.846. The number of amidine groups is 1. The molecular weight excluding hydrogens is 287 g/mol. The number of amides is 1. The minimum Gasteiger partial charge on any atom is -0.409 e. The lowest BCUT2D eigenvalue weighted by Crippen LogP contribution is -2.50. The third-order valence-corrected chi connectivity index (χ3v) is 3.96. The van der Waals surface area contributed by atoms with Crippen LogP contribution >= 0.6 is 0 Å². The Kier molecular flexibility index (Phi) is 5.86. The van der Waals surface area contributed by atoms with Gasteiger partial charge in [-0.25, -0.2) is 0 Å². The maximum Gasteiger partial charge on any atom is 0.391 e. The highest BCUT2D eigenvalue weighted by Gasteiger charge is 2.42. The van der Waals surface area contributed by atoms with E-state index in [9.17, 15) is 18.0 Å². The molecule has 0 aliphatic heterocycles. The van der Waals surface area contributed by atoms with Gasteiger partial charge in [0.25, 0.3) is 0 Å². The zero-order valence-corrected chi connectivity index (χ0v) is 12.2. The third-order valence-electron chi connectivity index (χ3n) is 3.96. The molecule has 4 N–H and O–H groups in total. The fourth-order valence-electron chi connectivity index (χ4n) is 2.60. The van der Waals surface area contributed by atoms with E-state index < -0.39 is 24.1 Å². The van der Waals surface area contributed by atoms with E-state index in [2.05, 4.69) is 10.5 Å². The van der Waals surface area contributed by atoms with Crippen molar-refractivity contribution in [2.75, 3.05) is 0 Å². The lowest BCUT2D eigenvalue weighted by Gasteiger charge is -2.30. The molecule has 21 heavy (non-hydrogen) atoms. The molecule has 1 atom stereocenters. The van der Waals surface area contributed by atoms with Crippen LogP contribution in [-0.4, -0.2) is 29.2 Å². The molecule has 1 aliphatic carbocycles. The first-order chi connectivity index (χ1) is 9.66. The van der Waals surface area contributed by atoms with Crippen molar-refractivity contribution >= 4 is 11.7 Å². The molecule has 0 radical (unpaired) electrons. The van der Waals surface area contributed by atoms with Gasteiger partial charge in [-0.3, -0.25) is 4.79 Å². The van der Waals surface area contributed by atoms with Gasteiger partial charge in [-0.15, -0.1) is 0 Å². The lowest BCUT2D eigenvalue weighted by molar-refractivity contribution is -0.184. The Bertz CT molecular complexity index is 389. The highest BCUT2D eigenvalue weighted by molar-refractivity contribution is 5.90. The molecule has 122 valence electrons. The van der Waals surface area contributed by atoms with Gasteiger partial charge >= 0.3 is 6.18 Å². The van der Waals surface area contributed by atoms with E-state index in [-0.39, 0.29) is 43.3 Å². The van der Waals surface area contributed by atoms with Crippen LogP contribution in [0.3, 0.4) is 0 Å². The molecule has 0 aromatic carbocycles. The van der Waals surface area contributed by atoms with Crippen molar-refractivity contribution in [2.24, 2.45) is 28.6 Å². The van der Waals surface area contributed by atoms with Crippen molar-refractivity contribution in [3.63, 3.8) is 0 Å². The van der Waals surface area contributed by atoms with Crippen LogP contribution < -0.4 is 11.1 Å². The number of carbonyl (C=O) groups is 1. The molecule has 5 nitrogen and oxygen atoms in total. The summed E-state index contributed by atoms with van der Waals surface area (Å²) in [4.78, 5) is 12.1. The van der Waals surface area contributed by atoms with Crippen molar-refractivity contribution in [2.45, 2.75) is 51.7 Å². The molecule has 1 saturated carbocycles. The van der Waals surface area contributed by atoms with Crippen LogP contribution in [0, 0.1) is 17.8 Å². The van der Waals surface area contributed by atoms with Crippen molar-refractivity contribution in [1.82, 2.24) is 5.32 Å². The van der Waals surface area contributed by atoms with Gasteiger partial charge in [0.05, 0.1) is 12.0 Å². The number of nitrogens with one attached hydrogen (secondary N) is 1. The Morgan fingerprint density at radius 2 is 1.81 bits per heavy atom. The fourth-order valence-corrected chi connectivity index (χ4v) is 2.60. The molecule has 1 unspecified atom stereocenters. The van der Waals surface area contributed by atoms with Crippen LogP contribution in [0.5, 0.6) is 0 Å². The standard InChI is InChI=1S/C13H22F3N3O2/c1-7(2)10(11(17)19-21)18-12(20)8-3-5-9(6-4-8)13(14,15)16/h7-10,21H,3-6H2,1-2H3,(H2,17,19)(H,18,20). The number of nitrogens with zero attached hydrogens (tertiary/aromatic N) is 1. The first-order valence-corrected chi connectivity index (χ1v) is 7.01. The predicted molar refractivity (Wildman–Crippen MR) is 71.7 cm³/mol. The molecule has 0 spiro atoms. The summed E-state index contributed by atoms with van der Waals surface area (Å²) in [7, 11) is 0. The molecular formula is C13H22F3N3O2. The number of hydrogen-bond donors (Lipinski definition) is 3. The molecule has 0 aromatic rings. The summed E-state index contributed by atoms with van der Waals surface area (Å²) in [5, 5.41) is 14.2. The maximum atomic E-state index is 12.6. The minimum atomic E-state index is -4.18. The number of halogens is 3. The van der Waals surface area contributed by atoms with Crippen LogP contribution in [0.1, 0.15) is 39.5 Å². The first-order valence-electron chi connectivity index (χ1n) is 7.01. The van der Waals surface area contributed by atoms with Gasteiger partial charge in [-0.05, 0) is 31.6 Å². The predicted octanol–water partition coefficient (Wildman–Crippen LogP) is 2.24. The highest BCUT2D eigenvalue weighted by atomic mass is 19.4. The zero-order chi connectivity index (χ0) is 16.2. The van der Waals surface area contributed by atoms with Crippen LogP contribution in [0.15, 0.2) is 5.16 Å². The van der Waals surface area contributed by atoms with Gasteiger partial charge in [0, 0.05) is 5.92 Å². The quantitative estimate of drug-likeness (QED) is 0.322. The van der Waals surface area contributed by atoms with Crippen LogP contribution in [-0.2, 0) is 4.79 Å². The van der Waals surface area contributed by atoms with Crippen LogP contribution in [0.2, 0.25) is 0 Å². The van der Waals surface area contributed by atoms with Crippen molar-refractivity contribution in [3.8, 4) is 0 Å². The average molecular weight is 309 g/mol. The van der Waals surface area contributed by atoms with Gasteiger partial charge in [-0.1, -0.05) is 19.0 Å². The normalized spacial score (nSPS) is 25.7. The van der Waals surface area contributed by atoms with E-state index in [0.29, 0.717) is 0 Å². The molecule has 1 aliphatic rings. The van der Waals surface area contributed by atoms with Crippen LogP contribution in [0.4, 0.5) is 13.2 Å². The summed E-state index contributed by atoms with van der Waals surface area (Å²) >= 11 is 0. The summed E-state index contributed by atoms with van der Waals surface area (Å²) in [5.41, 5.74) is 5.51. The molecule has 0 heterocycles. The summed E-state index contributed by atoms with van der Waals surface area (Å²) in [5.74, 6) is -2.29. The number of carbonyl (C=O) groups excluding carboxylic acids is 1. The highest BCUT2D eigenvalue weighted by Crippen LogP contribution is 2.39. The van der Waals surface area contributed by atoms with Crippen molar-refractivity contribution in [1.29, 1.82) is 0 Å². The maximum absolute atomic E-state index is 12.6. The molecule has 1 amide bonds. The number of rotatable bonds is 4. The summed E-state index contributed by atoms with van der Waals surface area (Å²) in [6, 6.07) is -0.622. The average Bonchev–Trinajstić information content (AvgIpc) is 2.42. The zero-order valence-electron chi connectivity index (χ0n) is 12.2. The Labute approximate surface area is 121 Å². The van der Waals surface area contributed by atoms with Gasteiger partial charge in [0.15, 0.2) is 5.84 Å². The van der Waals surface area contributed by atoms with Crippen molar-refractivity contribution < 1.29 is 23.2 Å². The summed E-state index contributed by atoms with van der Waals surface area (Å²) in [6.07, 6.45) is -3.83. The Hall–Kier alpha value is -1.47. The number of hydrogen-bond acceptors (Lipinski definition) is 3. The smallest absolute Gasteiger partial charge is 0.391 e. The SMILES string of the molecule is CC(C)C(NC(=O)C1CCC(C(F)(F)F)CC1)C(N)=NO. The topological polar surface area (TPSA) is 87.7 Å². The minimum absolute atomic E-state index is 0.0303. The molecule has 8 heteroatoms. The van der Waals surface area contributed by atoms with Gasteiger partial charge in [0.2, 0.25) is 5.91 Å². The number of oxime groups is 1. The molecule has 0 saturated heterocycles. The third kappa shape index (κ3) is 4.78. The lowest BCUT2D eigenvalue weighted by atomic mass is 9.81. The second-order valence-electron chi connectivity index (χ2n) is 5.85. The summed E-state index contributed by atoms with van der Waals surface area (Å²) in [6.45, 7) is 3.59. The molecule has 1 fully saturated rings. The van der Waals surface area contributed by atoms with Crippen LogP contribution in [0.25, 0.3) is 0 Å². The van der Waals surface area contributed by atoms with E-state index >= 15 is 0 Å². The second kappa shape index (κ2) is 7.00. The van der Waals surface area contributed by atoms with Crippen molar-refractivity contribution in [3.05, 3.63) is 0 Å². The van der Waals surface area contributed by atoms with E-state index in [0.717, 1.165) is 0 Å². The first kappa shape index (κ1) is 17.6. The Morgan fingerprint density at radius 1 is 1.29 bits per heavy atom. The van der Waals surface area contributed by atoms with E-state index in [1.54, 1.807) is 13.8 Å². The van der Waals surface area contributed by atoms with E-state index in [4.69, 9.17) is 10.9 Å². The molecule has 1 rings (SSSR count). The largest absolute Gasteiger partial charge is 0.409 e. The number of alkyl halides is 3. The monoisotopic (exact) mass is 309 g/mol. The Morgan fingerprint density at radius 3 is 2.19 bits per heavy atom. The van der Waals surface area contributed by atoms with Gasteiger partial charge in [-0.2, -0.15) is 13.2 Å². The Balaban J connectivity index is 2.58. The second-order valence-corrected chi connectivity index (χ2v) is 5.85. The molecule has 0 bridgehead atoms. The molecule has 0 aromatic heterocycles. The summed E-state index contributed by atoms with van der Waals surface area (Å²) < 4.78 is 37.7.